The molecule has 0 bridgehead atoms. The van der Waals surface area contributed by atoms with Crippen LogP contribution in [0, 0.1) is 0 Å². The van der Waals surface area contributed by atoms with Crippen LogP contribution in [0.25, 0.3) is 0 Å². The third-order valence-corrected chi connectivity index (χ3v) is 2.22. The van der Waals surface area contributed by atoms with Crippen molar-refractivity contribution in [1.29, 1.82) is 0 Å². The highest BCUT2D eigenvalue weighted by Crippen LogP contribution is 2.11. The first-order valence-electron chi connectivity index (χ1n) is 5.23. The number of carbonyl (C=O) groups is 1. The number of Topliss-reactive ketones (excluding diaryl/α,β-unsaturated/α-hetero) is 1. The maximum Gasteiger partial charge on any atom is 0.491 e. The van der Waals surface area contributed by atoms with E-state index in [0.29, 0.717) is 17.6 Å². The molecule has 0 aromatic heterocycles. The largest absolute Gasteiger partial charge is 0.491 e. The SMILES string of the molecule is CC(=O)c1ccc2c(c1)B(O)OC2.CCN. The molecule has 0 radical (unpaired) electrons. The van der Waals surface area contributed by atoms with Gasteiger partial charge in [0.1, 0.15) is 0 Å². The highest BCUT2D eigenvalue weighted by Gasteiger charge is 2.27. The lowest BCUT2D eigenvalue weighted by Crippen LogP contribution is -2.28. The molecular weight excluding hydrogens is 205 g/mol. The van der Waals surface area contributed by atoms with Crippen molar-refractivity contribution in [2.24, 2.45) is 5.73 Å². The van der Waals surface area contributed by atoms with Gasteiger partial charge in [0, 0.05) is 5.56 Å². The molecule has 3 N–H and O–H groups in total. The first-order chi connectivity index (χ1) is 7.60. The molecule has 4 nitrogen and oxygen atoms in total. The fraction of sp³-hybridized carbons (Fsp3) is 0.364. The monoisotopic (exact) mass is 221 g/mol. The molecule has 1 aliphatic rings. The van der Waals surface area contributed by atoms with Crippen LogP contribution in [0.2, 0.25) is 0 Å². The number of fused-ring (bicyclic) bond motifs is 1. The average Bonchev–Trinajstić information content (AvgIpc) is 2.61. The fourth-order valence-electron chi connectivity index (χ4n) is 1.43. The smallest absolute Gasteiger partial charge is 0.423 e. The number of hydrogen-bond donors (Lipinski definition) is 2. The van der Waals surface area contributed by atoms with Gasteiger partial charge in [0.05, 0.1) is 6.61 Å². The lowest BCUT2D eigenvalue weighted by atomic mass is 9.78. The van der Waals surface area contributed by atoms with Gasteiger partial charge in [-0.15, -0.1) is 0 Å². The van der Waals surface area contributed by atoms with E-state index in [9.17, 15) is 9.82 Å². The lowest BCUT2D eigenvalue weighted by molar-refractivity contribution is 0.101. The number of benzene rings is 1. The quantitative estimate of drug-likeness (QED) is 0.520. The summed E-state index contributed by atoms with van der Waals surface area (Å²) in [6, 6.07) is 5.26. The van der Waals surface area contributed by atoms with Crippen molar-refractivity contribution >= 4 is 18.4 Å². The average molecular weight is 221 g/mol. The van der Waals surface area contributed by atoms with E-state index in [2.05, 4.69) is 0 Å². The molecule has 0 amide bonds. The number of carbonyl (C=O) groups excluding carboxylic acids is 1. The normalized spacial score (nSPS) is 12.9. The Kier molecular flexibility index (Phi) is 4.67. The van der Waals surface area contributed by atoms with Gasteiger partial charge in [-0.25, -0.2) is 0 Å². The van der Waals surface area contributed by atoms with E-state index in [1.165, 1.54) is 6.92 Å². The molecule has 1 aliphatic heterocycles. The zero-order valence-electron chi connectivity index (χ0n) is 9.56. The highest BCUT2D eigenvalue weighted by molar-refractivity contribution is 6.61. The van der Waals surface area contributed by atoms with Crippen LogP contribution in [0.1, 0.15) is 29.8 Å². The molecular formula is C11H16BNO3. The molecule has 0 unspecified atom stereocenters. The van der Waals surface area contributed by atoms with Crippen molar-refractivity contribution in [2.75, 3.05) is 6.54 Å². The number of ketones is 1. The van der Waals surface area contributed by atoms with E-state index in [1.54, 1.807) is 12.1 Å². The Morgan fingerprint density at radius 1 is 1.62 bits per heavy atom. The van der Waals surface area contributed by atoms with Gasteiger partial charge in [-0.1, -0.05) is 25.1 Å². The van der Waals surface area contributed by atoms with Gasteiger partial charge in [-0.3, -0.25) is 4.79 Å². The van der Waals surface area contributed by atoms with Crippen LogP contribution in [0.4, 0.5) is 0 Å². The molecule has 1 aromatic rings. The van der Waals surface area contributed by atoms with E-state index < -0.39 is 7.12 Å². The van der Waals surface area contributed by atoms with Crippen LogP contribution in [-0.2, 0) is 11.3 Å². The van der Waals surface area contributed by atoms with E-state index in [-0.39, 0.29) is 5.78 Å². The van der Waals surface area contributed by atoms with Gasteiger partial charge in [0.25, 0.3) is 0 Å². The van der Waals surface area contributed by atoms with Gasteiger partial charge in [0.15, 0.2) is 5.78 Å². The first kappa shape index (κ1) is 12.9. The molecule has 0 atom stereocenters. The van der Waals surface area contributed by atoms with Crippen molar-refractivity contribution in [3.05, 3.63) is 29.3 Å². The molecule has 0 aliphatic carbocycles. The molecule has 16 heavy (non-hydrogen) atoms. The summed E-state index contributed by atoms with van der Waals surface area (Å²) >= 11 is 0. The second-order valence-electron chi connectivity index (χ2n) is 3.54. The second-order valence-corrected chi connectivity index (χ2v) is 3.54. The molecule has 0 fully saturated rings. The van der Waals surface area contributed by atoms with Gasteiger partial charge < -0.3 is 15.4 Å². The molecule has 0 spiro atoms. The summed E-state index contributed by atoms with van der Waals surface area (Å²) in [4.78, 5) is 11.0. The number of rotatable bonds is 1. The molecule has 86 valence electrons. The molecule has 1 aromatic carbocycles. The molecule has 0 saturated carbocycles. The summed E-state index contributed by atoms with van der Waals surface area (Å²) in [5.74, 6) is 0.00176. The summed E-state index contributed by atoms with van der Waals surface area (Å²) in [5.41, 5.74) is 7.13. The van der Waals surface area contributed by atoms with Crippen molar-refractivity contribution in [1.82, 2.24) is 0 Å². The van der Waals surface area contributed by atoms with Crippen molar-refractivity contribution in [2.45, 2.75) is 20.5 Å². The Labute approximate surface area is 95.6 Å². The maximum atomic E-state index is 11.0. The van der Waals surface area contributed by atoms with E-state index in [0.717, 1.165) is 12.1 Å². The van der Waals surface area contributed by atoms with E-state index in [1.807, 2.05) is 13.0 Å². The van der Waals surface area contributed by atoms with Crippen LogP contribution in [0.5, 0.6) is 0 Å². The van der Waals surface area contributed by atoms with Crippen LogP contribution in [-0.4, -0.2) is 24.5 Å². The number of hydrogen-bond acceptors (Lipinski definition) is 4. The van der Waals surface area contributed by atoms with Crippen molar-refractivity contribution in [3.8, 4) is 0 Å². The minimum atomic E-state index is -0.866. The van der Waals surface area contributed by atoms with Gasteiger partial charge in [-0.2, -0.15) is 0 Å². The molecule has 1 heterocycles. The second kappa shape index (κ2) is 5.79. The third-order valence-electron chi connectivity index (χ3n) is 2.22. The van der Waals surface area contributed by atoms with Gasteiger partial charge in [0.2, 0.25) is 0 Å². The van der Waals surface area contributed by atoms with Gasteiger partial charge >= 0.3 is 7.12 Å². The summed E-state index contributed by atoms with van der Waals surface area (Å²) in [6.45, 7) is 4.58. The lowest BCUT2D eigenvalue weighted by Gasteiger charge is -2.00. The maximum absolute atomic E-state index is 11.0. The molecule has 2 rings (SSSR count). The first-order valence-corrected chi connectivity index (χ1v) is 5.23. The van der Waals surface area contributed by atoms with E-state index >= 15 is 0 Å². The topological polar surface area (TPSA) is 72.5 Å². The Hall–Kier alpha value is -1.17. The van der Waals surface area contributed by atoms with Crippen LogP contribution >= 0.6 is 0 Å². The minimum Gasteiger partial charge on any atom is -0.423 e. The molecule has 5 heteroatoms. The summed E-state index contributed by atoms with van der Waals surface area (Å²) in [5, 5.41) is 9.35. The fourth-order valence-corrected chi connectivity index (χ4v) is 1.43. The zero-order chi connectivity index (χ0) is 12.1. The van der Waals surface area contributed by atoms with E-state index in [4.69, 9.17) is 10.4 Å². The predicted molar refractivity (Wildman–Crippen MR) is 63.6 cm³/mol. The standard InChI is InChI=1S/C9H9BO3.C2H7N/c1-6(11)7-2-3-8-5-13-10(12)9(8)4-7;1-2-3/h2-4,12H,5H2,1H3;2-3H2,1H3. The Balaban J connectivity index is 0.000000386. The van der Waals surface area contributed by atoms with Crippen molar-refractivity contribution < 1.29 is 14.5 Å². The third kappa shape index (κ3) is 2.91. The Bertz CT molecular complexity index is 381. The van der Waals surface area contributed by atoms with Crippen molar-refractivity contribution in [3.63, 3.8) is 0 Å². The minimum absolute atomic E-state index is 0.00176. The zero-order valence-corrected chi connectivity index (χ0v) is 9.56. The Morgan fingerprint density at radius 2 is 2.25 bits per heavy atom. The van der Waals surface area contributed by atoms with Crippen LogP contribution in [0.15, 0.2) is 18.2 Å². The summed E-state index contributed by atoms with van der Waals surface area (Å²) in [6.07, 6.45) is 0. The summed E-state index contributed by atoms with van der Waals surface area (Å²) in [7, 11) is -0.866. The van der Waals surface area contributed by atoms with Crippen LogP contribution in [0.3, 0.4) is 0 Å². The predicted octanol–water partition coefficient (Wildman–Crippen LogP) is 0.0719. The highest BCUT2D eigenvalue weighted by atomic mass is 16.5. The summed E-state index contributed by atoms with van der Waals surface area (Å²) < 4.78 is 5.00. The molecule has 0 saturated heterocycles. The van der Waals surface area contributed by atoms with Crippen LogP contribution < -0.4 is 11.2 Å². The number of nitrogens with two attached hydrogens (primary N) is 1. The Morgan fingerprint density at radius 3 is 2.81 bits per heavy atom. The van der Waals surface area contributed by atoms with Gasteiger partial charge in [-0.05, 0) is 24.5 Å².